The van der Waals surface area contributed by atoms with Crippen molar-refractivity contribution in [2.45, 2.75) is 34.6 Å². The Morgan fingerprint density at radius 1 is 1.25 bits per heavy atom. The molecule has 88 valence electrons. The Morgan fingerprint density at radius 2 is 1.94 bits per heavy atom. The topological polar surface area (TPSA) is 12.4 Å². The van der Waals surface area contributed by atoms with Crippen LogP contribution in [0.25, 0.3) is 0 Å². The second kappa shape index (κ2) is 5.83. The Balaban J connectivity index is 2.92. The van der Waals surface area contributed by atoms with Crippen molar-refractivity contribution in [2.24, 2.45) is 22.7 Å². The molecule has 1 nitrogen and oxygen atoms in total. The SMILES string of the molecule is CC(C)/C=N/C1=CC(C(C)C)=C[C@@H](C)C=C1. The molecule has 0 aromatic rings. The second-order valence-corrected chi connectivity index (χ2v) is 5.13. The molecule has 0 radical (unpaired) electrons. The van der Waals surface area contributed by atoms with Crippen molar-refractivity contribution in [1.82, 2.24) is 0 Å². The number of allylic oxidation sites excluding steroid dienone is 5. The summed E-state index contributed by atoms with van der Waals surface area (Å²) < 4.78 is 0. The van der Waals surface area contributed by atoms with Gasteiger partial charge in [-0.3, -0.25) is 4.99 Å². The van der Waals surface area contributed by atoms with E-state index in [2.05, 4.69) is 63.9 Å². The highest BCUT2D eigenvalue weighted by Gasteiger charge is 2.06. The maximum atomic E-state index is 4.52. The lowest BCUT2D eigenvalue weighted by atomic mass is 9.99. The first-order valence-electron chi connectivity index (χ1n) is 6.15. The molecule has 1 aliphatic carbocycles. The standard InChI is InChI=1S/C15H23N/c1-11(2)10-16-15-7-6-13(5)8-14(9-15)12(3)4/h6-13H,1-5H3/b16-10+/t13-/m0/s1. The molecule has 0 amide bonds. The highest BCUT2D eigenvalue weighted by Crippen LogP contribution is 2.21. The van der Waals surface area contributed by atoms with Gasteiger partial charge in [0.05, 0.1) is 5.70 Å². The number of aliphatic imine (C=N–C) groups is 1. The molecule has 0 N–H and O–H groups in total. The summed E-state index contributed by atoms with van der Waals surface area (Å²) >= 11 is 0. The molecule has 0 aromatic heterocycles. The molecule has 0 saturated heterocycles. The van der Waals surface area contributed by atoms with Gasteiger partial charge in [0.25, 0.3) is 0 Å². The number of nitrogens with zero attached hydrogens (tertiary/aromatic N) is 1. The van der Waals surface area contributed by atoms with Crippen LogP contribution in [-0.4, -0.2) is 6.21 Å². The minimum atomic E-state index is 0.500. The molecule has 1 atom stereocenters. The quantitative estimate of drug-likeness (QED) is 0.622. The lowest BCUT2D eigenvalue weighted by Crippen LogP contribution is -1.93. The third kappa shape index (κ3) is 4.18. The predicted octanol–water partition coefficient (Wildman–Crippen LogP) is 4.39. The molecule has 0 unspecified atom stereocenters. The van der Waals surface area contributed by atoms with Gasteiger partial charge in [-0.15, -0.1) is 0 Å². The van der Waals surface area contributed by atoms with Crippen molar-refractivity contribution in [1.29, 1.82) is 0 Å². The van der Waals surface area contributed by atoms with Gasteiger partial charge in [0.2, 0.25) is 0 Å². The van der Waals surface area contributed by atoms with Crippen LogP contribution in [0, 0.1) is 17.8 Å². The van der Waals surface area contributed by atoms with Crippen LogP contribution in [0.2, 0.25) is 0 Å². The van der Waals surface area contributed by atoms with E-state index in [1.165, 1.54) is 5.57 Å². The summed E-state index contributed by atoms with van der Waals surface area (Å²) in [6.45, 7) is 11.0. The summed E-state index contributed by atoms with van der Waals surface area (Å²) in [5.74, 6) is 1.56. The van der Waals surface area contributed by atoms with Gasteiger partial charge >= 0.3 is 0 Å². The summed E-state index contributed by atoms with van der Waals surface area (Å²) in [5, 5.41) is 0. The monoisotopic (exact) mass is 217 g/mol. The van der Waals surface area contributed by atoms with Crippen molar-refractivity contribution in [2.75, 3.05) is 0 Å². The number of rotatable bonds is 3. The molecule has 0 fully saturated rings. The van der Waals surface area contributed by atoms with E-state index in [1.807, 2.05) is 6.21 Å². The Labute approximate surface area is 99.7 Å². The van der Waals surface area contributed by atoms with Gasteiger partial charge in [0.15, 0.2) is 0 Å². The van der Waals surface area contributed by atoms with Crippen LogP contribution in [0.4, 0.5) is 0 Å². The molecule has 1 rings (SSSR count). The van der Waals surface area contributed by atoms with E-state index in [0.717, 1.165) is 5.70 Å². The zero-order chi connectivity index (χ0) is 12.1. The fourth-order valence-corrected chi connectivity index (χ4v) is 1.55. The van der Waals surface area contributed by atoms with Crippen LogP contribution in [0.1, 0.15) is 34.6 Å². The maximum Gasteiger partial charge on any atom is 0.0625 e. The minimum Gasteiger partial charge on any atom is -0.261 e. The Bertz CT molecular complexity index is 340. The minimum absolute atomic E-state index is 0.500. The van der Waals surface area contributed by atoms with Gasteiger partial charge in [0.1, 0.15) is 0 Å². The summed E-state index contributed by atoms with van der Waals surface area (Å²) in [6.07, 6.45) is 10.8. The fraction of sp³-hybridized carbons (Fsp3) is 0.533. The summed E-state index contributed by atoms with van der Waals surface area (Å²) in [6, 6.07) is 0. The van der Waals surface area contributed by atoms with E-state index in [-0.39, 0.29) is 0 Å². The Morgan fingerprint density at radius 3 is 2.50 bits per heavy atom. The normalized spacial score (nSPS) is 21.6. The zero-order valence-corrected chi connectivity index (χ0v) is 11.1. The van der Waals surface area contributed by atoms with Crippen molar-refractivity contribution in [3.63, 3.8) is 0 Å². The van der Waals surface area contributed by atoms with Gasteiger partial charge in [0, 0.05) is 6.21 Å². The van der Waals surface area contributed by atoms with E-state index in [0.29, 0.717) is 17.8 Å². The molecular formula is C15H23N. The van der Waals surface area contributed by atoms with Crippen LogP contribution in [0.3, 0.4) is 0 Å². The van der Waals surface area contributed by atoms with Crippen LogP contribution in [-0.2, 0) is 0 Å². The van der Waals surface area contributed by atoms with E-state index in [1.54, 1.807) is 0 Å². The zero-order valence-electron chi connectivity index (χ0n) is 11.1. The first kappa shape index (κ1) is 13.0. The van der Waals surface area contributed by atoms with E-state index < -0.39 is 0 Å². The van der Waals surface area contributed by atoms with Crippen molar-refractivity contribution in [3.8, 4) is 0 Å². The van der Waals surface area contributed by atoms with Crippen molar-refractivity contribution in [3.05, 3.63) is 35.6 Å². The molecule has 0 heterocycles. The lowest BCUT2D eigenvalue weighted by molar-refractivity contribution is 0.772. The van der Waals surface area contributed by atoms with Crippen molar-refractivity contribution < 1.29 is 0 Å². The van der Waals surface area contributed by atoms with Gasteiger partial charge < -0.3 is 0 Å². The van der Waals surface area contributed by atoms with Gasteiger partial charge in [-0.05, 0) is 35.5 Å². The number of hydrogen-bond donors (Lipinski definition) is 0. The van der Waals surface area contributed by atoms with Crippen LogP contribution in [0.15, 0.2) is 40.6 Å². The van der Waals surface area contributed by atoms with E-state index >= 15 is 0 Å². The van der Waals surface area contributed by atoms with Gasteiger partial charge in [-0.25, -0.2) is 0 Å². The predicted molar refractivity (Wildman–Crippen MR) is 72.6 cm³/mol. The fourth-order valence-electron chi connectivity index (χ4n) is 1.55. The summed E-state index contributed by atoms with van der Waals surface area (Å²) in [5.41, 5.74) is 2.45. The van der Waals surface area contributed by atoms with E-state index in [4.69, 9.17) is 0 Å². The molecule has 0 bridgehead atoms. The van der Waals surface area contributed by atoms with Crippen molar-refractivity contribution >= 4 is 6.21 Å². The second-order valence-electron chi connectivity index (χ2n) is 5.13. The average Bonchev–Trinajstić information content (AvgIpc) is 2.37. The number of hydrogen-bond acceptors (Lipinski definition) is 1. The average molecular weight is 217 g/mol. The highest BCUT2D eigenvalue weighted by molar-refractivity contribution is 5.62. The highest BCUT2D eigenvalue weighted by atomic mass is 14.7. The first-order valence-corrected chi connectivity index (χ1v) is 6.15. The molecule has 0 aromatic carbocycles. The Hall–Kier alpha value is -1.11. The molecule has 0 aliphatic heterocycles. The molecule has 0 spiro atoms. The molecule has 0 saturated carbocycles. The third-order valence-electron chi connectivity index (χ3n) is 2.53. The molecular weight excluding hydrogens is 194 g/mol. The van der Waals surface area contributed by atoms with Crippen LogP contribution in [0.5, 0.6) is 0 Å². The first-order chi connectivity index (χ1) is 7.49. The lowest BCUT2D eigenvalue weighted by Gasteiger charge is -2.07. The molecule has 16 heavy (non-hydrogen) atoms. The third-order valence-corrected chi connectivity index (χ3v) is 2.53. The molecule has 1 aliphatic rings. The van der Waals surface area contributed by atoms with Gasteiger partial charge in [-0.2, -0.15) is 0 Å². The maximum absolute atomic E-state index is 4.52. The summed E-state index contributed by atoms with van der Waals surface area (Å²) in [4.78, 5) is 4.52. The summed E-state index contributed by atoms with van der Waals surface area (Å²) in [7, 11) is 0. The Kier molecular flexibility index (Phi) is 4.72. The van der Waals surface area contributed by atoms with E-state index in [9.17, 15) is 0 Å². The smallest absolute Gasteiger partial charge is 0.0625 e. The van der Waals surface area contributed by atoms with Crippen LogP contribution >= 0.6 is 0 Å². The molecule has 1 heteroatoms. The van der Waals surface area contributed by atoms with Crippen LogP contribution < -0.4 is 0 Å². The largest absolute Gasteiger partial charge is 0.261 e. The van der Waals surface area contributed by atoms with Gasteiger partial charge in [-0.1, -0.05) is 46.8 Å².